The zero-order chi connectivity index (χ0) is 17.4. The van der Waals surface area contributed by atoms with Gasteiger partial charge in [-0.25, -0.2) is 4.98 Å². The number of halogens is 1. The van der Waals surface area contributed by atoms with Gasteiger partial charge in [-0.1, -0.05) is 35.9 Å². The molecule has 0 aliphatic carbocycles. The van der Waals surface area contributed by atoms with E-state index in [0.29, 0.717) is 11.0 Å². The quantitative estimate of drug-likeness (QED) is 0.706. The van der Waals surface area contributed by atoms with Crippen molar-refractivity contribution in [1.82, 2.24) is 9.97 Å². The first-order valence-electron chi connectivity index (χ1n) is 8.34. The first-order valence-corrected chi connectivity index (χ1v) is 8.72. The topological polar surface area (TPSA) is 41.1 Å². The van der Waals surface area contributed by atoms with Crippen molar-refractivity contribution in [3.63, 3.8) is 0 Å². The van der Waals surface area contributed by atoms with Crippen LogP contribution < -0.4 is 10.2 Å². The highest BCUT2D eigenvalue weighted by Crippen LogP contribution is 2.34. The summed E-state index contributed by atoms with van der Waals surface area (Å²) in [4.78, 5) is 11.3. The van der Waals surface area contributed by atoms with Gasteiger partial charge in [-0.05, 0) is 55.2 Å². The summed E-state index contributed by atoms with van der Waals surface area (Å²) in [6.07, 6.45) is 2.81. The third-order valence-electron chi connectivity index (χ3n) is 4.47. The Labute approximate surface area is 152 Å². The number of nitrogens with zero attached hydrogens (tertiary/aromatic N) is 3. The Morgan fingerprint density at radius 3 is 2.80 bits per heavy atom. The molecule has 1 aliphatic heterocycles. The number of fused-ring (bicyclic) bond motifs is 1. The van der Waals surface area contributed by atoms with Crippen LogP contribution >= 0.6 is 11.6 Å². The zero-order valence-electron chi connectivity index (χ0n) is 14.3. The molecule has 5 heteroatoms. The van der Waals surface area contributed by atoms with E-state index >= 15 is 0 Å². The van der Waals surface area contributed by atoms with Crippen molar-refractivity contribution in [3.8, 4) is 0 Å². The maximum Gasteiger partial charge on any atom is 0.229 e. The molecule has 0 bridgehead atoms. The van der Waals surface area contributed by atoms with E-state index in [1.807, 2.05) is 26.0 Å². The molecule has 1 aromatic heterocycles. The van der Waals surface area contributed by atoms with Crippen molar-refractivity contribution >= 4 is 34.7 Å². The van der Waals surface area contributed by atoms with Gasteiger partial charge in [0.15, 0.2) is 0 Å². The lowest BCUT2D eigenvalue weighted by molar-refractivity contribution is 0.966. The molecule has 3 aromatic rings. The molecule has 0 radical (unpaired) electrons. The second-order valence-corrected chi connectivity index (χ2v) is 6.74. The van der Waals surface area contributed by atoms with Crippen LogP contribution in [0.4, 0.5) is 23.1 Å². The number of nitrogens with one attached hydrogen (secondary N) is 1. The standard InChI is InChI=1S/C20H19ClN4/c1-13-11-14(2)19(16(21)12-13)24-20-22-9-7-18(23-20)25-10-8-15-5-3-4-6-17(15)25/h3-7,9,11-12H,8,10H2,1-2H3,(H,22,23,24). The Bertz CT molecular complexity index is 915. The van der Waals surface area contributed by atoms with E-state index in [1.165, 1.54) is 11.3 Å². The van der Waals surface area contributed by atoms with E-state index in [1.54, 1.807) is 6.20 Å². The Balaban J connectivity index is 1.65. The first kappa shape index (κ1) is 15.9. The first-order chi connectivity index (χ1) is 12.1. The van der Waals surface area contributed by atoms with E-state index in [2.05, 4.69) is 45.5 Å². The minimum absolute atomic E-state index is 0.552. The lowest BCUT2D eigenvalue weighted by Crippen LogP contribution is -2.15. The van der Waals surface area contributed by atoms with Crippen LogP contribution in [0.15, 0.2) is 48.7 Å². The molecule has 0 saturated carbocycles. The van der Waals surface area contributed by atoms with Gasteiger partial charge in [-0.3, -0.25) is 0 Å². The van der Waals surface area contributed by atoms with E-state index in [9.17, 15) is 0 Å². The maximum atomic E-state index is 6.39. The molecule has 1 N–H and O–H groups in total. The normalized spacial score (nSPS) is 13.0. The summed E-state index contributed by atoms with van der Waals surface area (Å²) in [7, 11) is 0. The molecule has 126 valence electrons. The summed E-state index contributed by atoms with van der Waals surface area (Å²) in [6, 6.07) is 14.4. The van der Waals surface area contributed by atoms with Gasteiger partial charge < -0.3 is 10.2 Å². The fraction of sp³-hybridized carbons (Fsp3) is 0.200. The Kier molecular flexibility index (Phi) is 4.06. The van der Waals surface area contributed by atoms with Crippen LogP contribution in [0.5, 0.6) is 0 Å². The number of hydrogen-bond acceptors (Lipinski definition) is 4. The van der Waals surface area contributed by atoms with Gasteiger partial charge in [0, 0.05) is 18.4 Å². The molecule has 25 heavy (non-hydrogen) atoms. The molecule has 1 aliphatic rings. The zero-order valence-corrected chi connectivity index (χ0v) is 15.0. The summed E-state index contributed by atoms with van der Waals surface area (Å²) in [5.74, 6) is 1.44. The van der Waals surface area contributed by atoms with Crippen molar-refractivity contribution < 1.29 is 0 Å². The highest BCUT2D eigenvalue weighted by Gasteiger charge is 2.21. The fourth-order valence-corrected chi connectivity index (χ4v) is 3.69. The predicted molar refractivity (Wildman–Crippen MR) is 103 cm³/mol. The van der Waals surface area contributed by atoms with Gasteiger partial charge in [-0.2, -0.15) is 4.98 Å². The number of benzene rings is 2. The number of rotatable bonds is 3. The van der Waals surface area contributed by atoms with Gasteiger partial charge in [0.25, 0.3) is 0 Å². The Morgan fingerprint density at radius 2 is 1.96 bits per heavy atom. The van der Waals surface area contributed by atoms with E-state index in [0.717, 1.165) is 35.6 Å². The summed E-state index contributed by atoms with van der Waals surface area (Å²) in [6.45, 7) is 4.99. The van der Waals surface area contributed by atoms with Crippen molar-refractivity contribution in [2.75, 3.05) is 16.8 Å². The summed E-state index contributed by atoms with van der Waals surface area (Å²) >= 11 is 6.39. The van der Waals surface area contributed by atoms with Gasteiger partial charge >= 0.3 is 0 Å². The average molecular weight is 351 g/mol. The highest BCUT2D eigenvalue weighted by molar-refractivity contribution is 6.33. The summed E-state index contributed by atoms with van der Waals surface area (Å²) in [5.41, 5.74) is 5.64. The Morgan fingerprint density at radius 1 is 1.12 bits per heavy atom. The fourth-order valence-electron chi connectivity index (χ4n) is 3.32. The molecule has 0 saturated heterocycles. The average Bonchev–Trinajstić information content (AvgIpc) is 3.02. The number of hydrogen-bond donors (Lipinski definition) is 1. The monoisotopic (exact) mass is 350 g/mol. The number of para-hydroxylation sites is 1. The van der Waals surface area contributed by atoms with Crippen LogP contribution in [-0.4, -0.2) is 16.5 Å². The largest absolute Gasteiger partial charge is 0.326 e. The second-order valence-electron chi connectivity index (χ2n) is 6.33. The lowest BCUT2D eigenvalue weighted by Gasteiger charge is -2.19. The number of anilines is 4. The van der Waals surface area contributed by atoms with Crippen LogP contribution in [-0.2, 0) is 6.42 Å². The molecule has 0 spiro atoms. The van der Waals surface area contributed by atoms with Crippen LogP contribution in [0.25, 0.3) is 0 Å². The molecule has 0 unspecified atom stereocenters. The van der Waals surface area contributed by atoms with Gasteiger partial charge in [0.2, 0.25) is 5.95 Å². The van der Waals surface area contributed by atoms with Crippen LogP contribution in [0.2, 0.25) is 5.02 Å². The van der Waals surface area contributed by atoms with Crippen molar-refractivity contribution in [1.29, 1.82) is 0 Å². The molecule has 4 nitrogen and oxygen atoms in total. The lowest BCUT2D eigenvalue weighted by atomic mass is 10.1. The van der Waals surface area contributed by atoms with Crippen molar-refractivity contribution in [2.45, 2.75) is 20.3 Å². The third kappa shape index (κ3) is 3.05. The SMILES string of the molecule is Cc1cc(C)c(Nc2nccc(N3CCc4ccccc43)n2)c(Cl)c1. The predicted octanol–water partition coefficient (Wildman–Crippen LogP) is 5.18. The minimum atomic E-state index is 0.552. The van der Waals surface area contributed by atoms with Gasteiger partial charge in [0.05, 0.1) is 10.7 Å². The van der Waals surface area contributed by atoms with E-state index < -0.39 is 0 Å². The summed E-state index contributed by atoms with van der Waals surface area (Å²) < 4.78 is 0. The van der Waals surface area contributed by atoms with E-state index in [4.69, 9.17) is 16.6 Å². The third-order valence-corrected chi connectivity index (χ3v) is 4.77. The highest BCUT2D eigenvalue weighted by atomic mass is 35.5. The molecule has 0 amide bonds. The molecule has 4 rings (SSSR count). The molecule has 2 aromatic carbocycles. The number of aryl methyl sites for hydroxylation is 2. The van der Waals surface area contributed by atoms with Crippen molar-refractivity contribution in [3.05, 3.63) is 70.4 Å². The Hall–Kier alpha value is -2.59. The van der Waals surface area contributed by atoms with Crippen molar-refractivity contribution in [2.24, 2.45) is 0 Å². The van der Waals surface area contributed by atoms with Crippen LogP contribution in [0.3, 0.4) is 0 Å². The smallest absolute Gasteiger partial charge is 0.229 e. The number of aromatic nitrogens is 2. The molecule has 0 atom stereocenters. The molecule has 0 fully saturated rings. The maximum absolute atomic E-state index is 6.39. The molecular formula is C20H19ClN4. The van der Waals surface area contributed by atoms with Gasteiger partial charge in [-0.15, -0.1) is 0 Å². The van der Waals surface area contributed by atoms with Gasteiger partial charge in [0.1, 0.15) is 5.82 Å². The second kappa shape index (κ2) is 6.37. The van der Waals surface area contributed by atoms with E-state index in [-0.39, 0.29) is 0 Å². The summed E-state index contributed by atoms with van der Waals surface area (Å²) in [5, 5.41) is 3.95. The van der Waals surface area contributed by atoms with Crippen LogP contribution in [0, 0.1) is 13.8 Å². The minimum Gasteiger partial charge on any atom is -0.326 e. The van der Waals surface area contributed by atoms with Crippen LogP contribution in [0.1, 0.15) is 16.7 Å². The molecule has 2 heterocycles. The molecular weight excluding hydrogens is 332 g/mol.